The van der Waals surface area contributed by atoms with Gasteiger partial charge >= 0.3 is 0 Å². The van der Waals surface area contributed by atoms with Crippen molar-refractivity contribution in [3.8, 4) is 0 Å². The minimum atomic E-state index is -3.51. The molecule has 0 unspecified atom stereocenters. The van der Waals surface area contributed by atoms with Crippen molar-refractivity contribution >= 4 is 15.9 Å². The topological polar surface area (TPSA) is 70.2 Å². The Morgan fingerprint density at radius 3 is 2.43 bits per heavy atom. The number of carbonyl (C=O) groups is 1. The zero-order valence-electron chi connectivity index (χ0n) is 18.3. The Kier molecular flexibility index (Phi) is 5.72. The molecule has 1 aromatic rings. The fourth-order valence-electron chi connectivity index (χ4n) is 5.85. The Hall–Kier alpha value is -1.48. The van der Waals surface area contributed by atoms with Crippen LogP contribution >= 0.6 is 0 Å². The van der Waals surface area contributed by atoms with Crippen LogP contribution in [0.5, 0.6) is 0 Å². The second kappa shape index (κ2) is 7.89. The zero-order valence-corrected chi connectivity index (χ0v) is 19.1. The van der Waals surface area contributed by atoms with Gasteiger partial charge in [-0.3, -0.25) is 9.69 Å². The molecule has 30 heavy (non-hydrogen) atoms. The standard InChI is InChI=1S/C22H33N3O4S/c1-18-5-4-6-19(15-18)30(27,28)25-11-7-21(8-12-25)16-24(13-14-29-3)17-22(21)9-10-23(2)20(22)26/h4-6,15H,7-14,16-17H2,1-3H3/t22-/m0/s1. The highest BCUT2D eigenvalue weighted by Gasteiger charge is 2.64. The number of aryl methyl sites for hydroxylation is 1. The minimum Gasteiger partial charge on any atom is -0.383 e. The Bertz CT molecular complexity index is 911. The average molecular weight is 436 g/mol. The minimum absolute atomic E-state index is 0.165. The van der Waals surface area contributed by atoms with Crippen LogP contribution in [0.1, 0.15) is 24.8 Å². The molecule has 3 heterocycles. The van der Waals surface area contributed by atoms with Gasteiger partial charge in [0.1, 0.15) is 0 Å². The third kappa shape index (κ3) is 3.38. The molecule has 2 spiro atoms. The number of hydrogen-bond acceptors (Lipinski definition) is 5. The number of piperidine rings is 1. The van der Waals surface area contributed by atoms with Crippen molar-refractivity contribution in [2.45, 2.75) is 31.1 Å². The number of sulfonamides is 1. The molecule has 0 radical (unpaired) electrons. The molecule has 3 saturated heterocycles. The summed E-state index contributed by atoms with van der Waals surface area (Å²) in [5.41, 5.74) is 0.378. The SMILES string of the molecule is COCCN1CC2(CCN(S(=O)(=O)c3cccc(C)c3)CC2)[C@@]2(CCN(C)C2=O)C1. The van der Waals surface area contributed by atoms with Crippen molar-refractivity contribution in [3.63, 3.8) is 0 Å². The van der Waals surface area contributed by atoms with Crippen LogP contribution in [0, 0.1) is 17.8 Å². The van der Waals surface area contributed by atoms with Gasteiger partial charge in [-0.25, -0.2) is 8.42 Å². The van der Waals surface area contributed by atoms with Crippen molar-refractivity contribution in [1.29, 1.82) is 0 Å². The van der Waals surface area contributed by atoms with Crippen molar-refractivity contribution in [2.75, 3.05) is 60.0 Å². The molecular formula is C22H33N3O4S. The molecule has 166 valence electrons. The molecule has 3 aliphatic rings. The number of benzene rings is 1. The molecule has 1 amide bonds. The first-order valence-electron chi connectivity index (χ1n) is 10.8. The maximum Gasteiger partial charge on any atom is 0.243 e. The number of fused-ring (bicyclic) bond motifs is 1. The summed E-state index contributed by atoms with van der Waals surface area (Å²) in [6.07, 6.45) is 2.30. The molecule has 8 heteroatoms. The van der Waals surface area contributed by atoms with Crippen molar-refractivity contribution in [2.24, 2.45) is 10.8 Å². The van der Waals surface area contributed by atoms with E-state index in [1.165, 1.54) is 0 Å². The summed E-state index contributed by atoms with van der Waals surface area (Å²) in [6, 6.07) is 7.11. The maximum absolute atomic E-state index is 13.3. The van der Waals surface area contributed by atoms with Gasteiger partial charge in [0, 0.05) is 58.8 Å². The van der Waals surface area contributed by atoms with Gasteiger partial charge in [0.25, 0.3) is 0 Å². The first kappa shape index (κ1) is 21.7. The highest BCUT2D eigenvalue weighted by Crippen LogP contribution is 2.57. The molecule has 1 aromatic carbocycles. The molecule has 0 N–H and O–H groups in total. The quantitative estimate of drug-likeness (QED) is 0.702. The van der Waals surface area contributed by atoms with E-state index < -0.39 is 15.4 Å². The summed E-state index contributed by atoms with van der Waals surface area (Å²) in [5, 5.41) is 0. The molecule has 3 aliphatic heterocycles. The summed E-state index contributed by atoms with van der Waals surface area (Å²) in [7, 11) is 0.0745. The molecule has 4 rings (SSSR count). The summed E-state index contributed by atoms with van der Waals surface area (Å²) in [4.78, 5) is 17.9. The number of methoxy groups -OCH3 is 1. The average Bonchev–Trinajstić information content (AvgIpc) is 3.19. The van der Waals surface area contributed by atoms with Gasteiger partial charge < -0.3 is 9.64 Å². The number of ether oxygens (including phenoxy) is 1. The van der Waals surface area contributed by atoms with E-state index >= 15 is 0 Å². The van der Waals surface area contributed by atoms with Crippen LogP contribution in [0.2, 0.25) is 0 Å². The van der Waals surface area contributed by atoms with Gasteiger partial charge in [0.15, 0.2) is 0 Å². The van der Waals surface area contributed by atoms with Crippen LogP contribution < -0.4 is 0 Å². The largest absolute Gasteiger partial charge is 0.383 e. The fourth-order valence-corrected chi connectivity index (χ4v) is 7.40. The van der Waals surface area contributed by atoms with E-state index in [0.717, 1.165) is 51.0 Å². The first-order chi connectivity index (χ1) is 14.2. The van der Waals surface area contributed by atoms with Crippen molar-refractivity contribution < 1.29 is 17.9 Å². The Balaban J connectivity index is 1.57. The Morgan fingerprint density at radius 2 is 1.83 bits per heavy atom. The summed E-state index contributed by atoms with van der Waals surface area (Å²) >= 11 is 0. The van der Waals surface area contributed by atoms with Crippen LogP contribution in [-0.4, -0.2) is 88.5 Å². The number of rotatable bonds is 5. The van der Waals surface area contributed by atoms with Gasteiger partial charge in [0.05, 0.1) is 16.9 Å². The van der Waals surface area contributed by atoms with Crippen molar-refractivity contribution in [1.82, 2.24) is 14.1 Å². The lowest BCUT2D eigenvalue weighted by Crippen LogP contribution is -2.53. The van der Waals surface area contributed by atoms with Crippen LogP contribution in [0.15, 0.2) is 29.2 Å². The zero-order chi connectivity index (χ0) is 21.6. The van der Waals surface area contributed by atoms with Crippen LogP contribution in [-0.2, 0) is 19.6 Å². The van der Waals surface area contributed by atoms with Gasteiger partial charge in [0.2, 0.25) is 15.9 Å². The second-order valence-corrected chi connectivity index (χ2v) is 11.2. The van der Waals surface area contributed by atoms with E-state index in [1.54, 1.807) is 29.6 Å². The van der Waals surface area contributed by atoms with Crippen LogP contribution in [0.25, 0.3) is 0 Å². The molecule has 1 atom stereocenters. The van der Waals surface area contributed by atoms with E-state index in [0.29, 0.717) is 24.6 Å². The molecule has 0 aliphatic carbocycles. The lowest BCUT2D eigenvalue weighted by atomic mass is 9.60. The van der Waals surface area contributed by atoms with E-state index in [9.17, 15) is 13.2 Å². The van der Waals surface area contributed by atoms with E-state index in [1.807, 2.05) is 24.9 Å². The highest BCUT2D eigenvalue weighted by atomic mass is 32.2. The lowest BCUT2D eigenvalue weighted by Gasteiger charge is -2.46. The molecule has 3 fully saturated rings. The predicted molar refractivity (Wildman–Crippen MR) is 115 cm³/mol. The number of hydrogen-bond donors (Lipinski definition) is 0. The smallest absolute Gasteiger partial charge is 0.243 e. The summed E-state index contributed by atoms with van der Waals surface area (Å²) in [5.74, 6) is 0.234. The first-order valence-corrected chi connectivity index (χ1v) is 12.2. The third-order valence-corrected chi connectivity index (χ3v) is 9.48. The molecule has 7 nitrogen and oxygen atoms in total. The predicted octanol–water partition coefficient (Wildman–Crippen LogP) is 1.58. The van der Waals surface area contributed by atoms with E-state index in [2.05, 4.69) is 4.90 Å². The number of carbonyl (C=O) groups excluding carboxylic acids is 1. The Labute approximate surface area is 180 Å². The van der Waals surface area contributed by atoms with Gasteiger partial charge in [-0.2, -0.15) is 4.31 Å². The van der Waals surface area contributed by atoms with Crippen molar-refractivity contribution in [3.05, 3.63) is 29.8 Å². The summed E-state index contributed by atoms with van der Waals surface area (Å²) < 4.78 is 33.3. The maximum atomic E-state index is 13.3. The Morgan fingerprint density at radius 1 is 1.10 bits per heavy atom. The number of likely N-dealkylation sites (tertiary alicyclic amines) is 2. The highest BCUT2D eigenvalue weighted by molar-refractivity contribution is 7.89. The molecular weight excluding hydrogens is 402 g/mol. The number of amides is 1. The molecule has 0 bridgehead atoms. The molecule has 0 saturated carbocycles. The summed E-state index contributed by atoms with van der Waals surface area (Å²) in [6.45, 7) is 6.67. The van der Waals surface area contributed by atoms with Gasteiger partial charge in [-0.15, -0.1) is 0 Å². The normalized spacial score (nSPS) is 27.6. The van der Waals surface area contributed by atoms with Gasteiger partial charge in [-0.1, -0.05) is 12.1 Å². The lowest BCUT2D eigenvalue weighted by molar-refractivity contribution is -0.140. The van der Waals surface area contributed by atoms with E-state index in [-0.39, 0.29) is 11.3 Å². The number of nitrogens with zero attached hydrogens (tertiary/aromatic N) is 3. The van der Waals surface area contributed by atoms with E-state index in [4.69, 9.17) is 4.74 Å². The van der Waals surface area contributed by atoms with Crippen LogP contribution in [0.4, 0.5) is 0 Å². The monoisotopic (exact) mass is 435 g/mol. The second-order valence-electron chi connectivity index (χ2n) is 9.26. The van der Waals surface area contributed by atoms with Gasteiger partial charge in [-0.05, 0) is 43.9 Å². The van der Waals surface area contributed by atoms with Crippen LogP contribution in [0.3, 0.4) is 0 Å². The third-order valence-electron chi connectivity index (χ3n) is 7.58. The molecule has 0 aromatic heterocycles. The fraction of sp³-hybridized carbons (Fsp3) is 0.682.